The molecule has 0 amide bonds. The maximum Gasteiger partial charge on any atom is 0.125 e. The summed E-state index contributed by atoms with van der Waals surface area (Å²) in [4.78, 5) is 2.12. The van der Waals surface area contributed by atoms with Crippen molar-refractivity contribution in [3.8, 4) is 0 Å². The number of benzene rings is 2. The predicted octanol–water partition coefficient (Wildman–Crippen LogP) is 4.40. The first-order valence-corrected chi connectivity index (χ1v) is 7.49. The summed E-state index contributed by atoms with van der Waals surface area (Å²) in [5, 5.41) is 0.695. The minimum atomic E-state index is -0.218. The second-order valence-corrected chi connectivity index (χ2v) is 5.45. The van der Waals surface area contributed by atoms with Gasteiger partial charge in [0.25, 0.3) is 0 Å². The van der Waals surface area contributed by atoms with Crippen molar-refractivity contribution in [2.24, 2.45) is 5.73 Å². The maximum atomic E-state index is 13.3. The van der Waals surface area contributed by atoms with Gasteiger partial charge >= 0.3 is 0 Å². The molecule has 0 saturated carbocycles. The third kappa shape index (κ3) is 4.45. The third-order valence-corrected chi connectivity index (χ3v) is 3.78. The molecule has 0 saturated heterocycles. The van der Waals surface area contributed by atoms with Crippen LogP contribution in [0.5, 0.6) is 0 Å². The minimum absolute atomic E-state index is 0.0775. The zero-order chi connectivity index (χ0) is 15.2. The molecule has 0 radical (unpaired) electrons. The molecule has 0 aliphatic heterocycles. The Labute approximate surface area is 130 Å². The standard InChI is InChI=1S/C17H20ClFN2/c1-2-21(16-8-4-7-15(19)12-16)10-9-17(20)13-5-3-6-14(18)11-13/h3-8,11-12,17H,2,9-10,20H2,1H3. The highest BCUT2D eigenvalue weighted by Crippen LogP contribution is 2.21. The third-order valence-electron chi connectivity index (χ3n) is 3.54. The quantitative estimate of drug-likeness (QED) is 0.857. The second-order valence-electron chi connectivity index (χ2n) is 5.01. The van der Waals surface area contributed by atoms with E-state index in [1.165, 1.54) is 6.07 Å². The molecular weight excluding hydrogens is 287 g/mol. The Morgan fingerprint density at radius 3 is 2.62 bits per heavy atom. The van der Waals surface area contributed by atoms with Crippen molar-refractivity contribution < 1.29 is 4.39 Å². The molecule has 0 aliphatic rings. The summed E-state index contributed by atoms with van der Waals surface area (Å²) in [6.07, 6.45) is 0.782. The molecule has 4 heteroatoms. The van der Waals surface area contributed by atoms with E-state index < -0.39 is 0 Å². The fourth-order valence-corrected chi connectivity index (χ4v) is 2.54. The molecule has 2 N–H and O–H groups in total. The molecule has 0 bridgehead atoms. The van der Waals surface area contributed by atoms with E-state index in [2.05, 4.69) is 11.8 Å². The first-order chi connectivity index (χ1) is 10.1. The van der Waals surface area contributed by atoms with E-state index in [0.717, 1.165) is 30.8 Å². The van der Waals surface area contributed by atoms with Crippen LogP contribution in [0.2, 0.25) is 5.02 Å². The van der Waals surface area contributed by atoms with Gasteiger partial charge in [0.05, 0.1) is 0 Å². The van der Waals surface area contributed by atoms with Gasteiger partial charge in [-0.05, 0) is 49.2 Å². The fourth-order valence-electron chi connectivity index (χ4n) is 2.34. The van der Waals surface area contributed by atoms with Crippen LogP contribution in [0.15, 0.2) is 48.5 Å². The van der Waals surface area contributed by atoms with Gasteiger partial charge in [-0.25, -0.2) is 4.39 Å². The molecule has 0 spiro atoms. The van der Waals surface area contributed by atoms with Gasteiger partial charge in [0.15, 0.2) is 0 Å². The highest BCUT2D eigenvalue weighted by Gasteiger charge is 2.10. The molecule has 112 valence electrons. The van der Waals surface area contributed by atoms with Crippen molar-refractivity contribution in [1.29, 1.82) is 0 Å². The molecule has 0 aromatic heterocycles. The molecule has 0 heterocycles. The molecule has 1 unspecified atom stereocenters. The molecule has 2 aromatic rings. The molecule has 1 atom stereocenters. The first-order valence-electron chi connectivity index (χ1n) is 7.11. The number of anilines is 1. The lowest BCUT2D eigenvalue weighted by atomic mass is 10.0. The van der Waals surface area contributed by atoms with Crippen molar-refractivity contribution >= 4 is 17.3 Å². The number of hydrogen-bond acceptors (Lipinski definition) is 2. The van der Waals surface area contributed by atoms with Crippen molar-refractivity contribution in [1.82, 2.24) is 0 Å². The molecule has 21 heavy (non-hydrogen) atoms. The first kappa shape index (κ1) is 15.8. The number of nitrogens with zero attached hydrogens (tertiary/aromatic N) is 1. The molecular formula is C17H20ClFN2. The Kier molecular flexibility index (Phi) is 5.59. The number of hydrogen-bond donors (Lipinski definition) is 1. The minimum Gasteiger partial charge on any atom is -0.372 e. The zero-order valence-corrected chi connectivity index (χ0v) is 12.9. The predicted molar refractivity (Wildman–Crippen MR) is 87.3 cm³/mol. The van der Waals surface area contributed by atoms with Crippen LogP contribution >= 0.6 is 11.6 Å². The summed E-state index contributed by atoms with van der Waals surface area (Å²) in [6.45, 7) is 3.63. The highest BCUT2D eigenvalue weighted by molar-refractivity contribution is 6.30. The summed E-state index contributed by atoms with van der Waals surface area (Å²) < 4.78 is 13.3. The largest absolute Gasteiger partial charge is 0.372 e. The monoisotopic (exact) mass is 306 g/mol. The second kappa shape index (κ2) is 7.43. The molecule has 2 rings (SSSR count). The van der Waals surface area contributed by atoms with Crippen LogP contribution in [-0.2, 0) is 0 Å². The van der Waals surface area contributed by atoms with E-state index in [-0.39, 0.29) is 11.9 Å². The molecule has 0 fully saturated rings. The highest BCUT2D eigenvalue weighted by atomic mass is 35.5. The van der Waals surface area contributed by atoms with Crippen LogP contribution in [0.1, 0.15) is 24.9 Å². The number of halogens is 2. The van der Waals surface area contributed by atoms with Gasteiger partial charge in [-0.3, -0.25) is 0 Å². The van der Waals surface area contributed by atoms with Crippen LogP contribution in [0.4, 0.5) is 10.1 Å². The molecule has 2 aromatic carbocycles. The molecule has 2 nitrogen and oxygen atoms in total. The Balaban J connectivity index is 2.00. The molecule has 0 aliphatic carbocycles. The Hall–Kier alpha value is -1.58. The summed E-state index contributed by atoms with van der Waals surface area (Å²) in [5.74, 6) is -0.218. The summed E-state index contributed by atoms with van der Waals surface area (Å²) in [5.41, 5.74) is 8.13. The van der Waals surface area contributed by atoms with E-state index >= 15 is 0 Å². The topological polar surface area (TPSA) is 29.3 Å². The zero-order valence-electron chi connectivity index (χ0n) is 12.1. The number of nitrogens with two attached hydrogens (primary N) is 1. The van der Waals surface area contributed by atoms with Gasteiger partial charge in [-0.2, -0.15) is 0 Å². The van der Waals surface area contributed by atoms with Gasteiger partial charge in [0.1, 0.15) is 5.82 Å². The lowest BCUT2D eigenvalue weighted by Crippen LogP contribution is -2.27. The SMILES string of the molecule is CCN(CCC(N)c1cccc(Cl)c1)c1cccc(F)c1. The maximum absolute atomic E-state index is 13.3. The summed E-state index contributed by atoms with van der Waals surface area (Å²) in [6, 6.07) is 14.2. The lowest BCUT2D eigenvalue weighted by Gasteiger charge is -2.25. The van der Waals surface area contributed by atoms with E-state index in [1.54, 1.807) is 12.1 Å². The van der Waals surface area contributed by atoms with Gasteiger partial charge in [-0.15, -0.1) is 0 Å². The van der Waals surface area contributed by atoms with Gasteiger partial charge in [0.2, 0.25) is 0 Å². The van der Waals surface area contributed by atoms with Crippen molar-refractivity contribution in [3.63, 3.8) is 0 Å². The summed E-state index contributed by atoms with van der Waals surface area (Å²) >= 11 is 5.98. The normalized spacial score (nSPS) is 12.2. The average molecular weight is 307 g/mol. The summed E-state index contributed by atoms with van der Waals surface area (Å²) in [7, 11) is 0. The average Bonchev–Trinajstić information content (AvgIpc) is 2.48. The smallest absolute Gasteiger partial charge is 0.125 e. The van der Waals surface area contributed by atoms with Gasteiger partial charge in [0, 0.05) is 29.8 Å². The van der Waals surface area contributed by atoms with Crippen molar-refractivity contribution in [2.75, 3.05) is 18.0 Å². The Morgan fingerprint density at radius 2 is 1.95 bits per heavy atom. The van der Waals surface area contributed by atoms with Crippen LogP contribution in [0.25, 0.3) is 0 Å². The van der Waals surface area contributed by atoms with E-state index in [9.17, 15) is 4.39 Å². The Morgan fingerprint density at radius 1 is 1.19 bits per heavy atom. The van der Waals surface area contributed by atoms with E-state index in [4.69, 9.17) is 17.3 Å². The van der Waals surface area contributed by atoms with E-state index in [1.807, 2.05) is 30.3 Å². The van der Waals surface area contributed by atoms with Crippen LogP contribution in [-0.4, -0.2) is 13.1 Å². The number of rotatable bonds is 6. The lowest BCUT2D eigenvalue weighted by molar-refractivity contribution is 0.618. The van der Waals surface area contributed by atoms with Crippen LogP contribution in [0.3, 0.4) is 0 Å². The van der Waals surface area contributed by atoms with Crippen molar-refractivity contribution in [3.05, 3.63) is 64.9 Å². The van der Waals surface area contributed by atoms with Gasteiger partial charge < -0.3 is 10.6 Å². The van der Waals surface area contributed by atoms with E-state index in [0.29, 0.717) is 5.02 Å². The van der Waals surface area contributed by atoms with Gasteiger partial charge in [-0.1, -0.05) is 29.8 Å². The van der Waals surface area contributed by atoms with Crippen LogP contribution < -0.4 is 10.6 Å². The van der Waals surface area contributed by atoms with Crippen LogP contribution in [0, 0.1) is 5.82 Å². The fraction of sp³-hybridized carbons (Fsp3) is 0.294. The van der Waals surface area contributed by atoms with Crippen molar-refractivity contribution in [2.45, 2.75) is 19.4 Å². The Bertz CT molecular complexity index is 589.